The smallest absolute Gasteiger partial charge is 0.411 e. The Morgan fingerprint density at radius 1 is 1.25 bits per heavy atom. The second-order valence-corrected chi connectivity index (χ2v) is 6.86. The molecule has 148 valence electrons. The van der Waals surface area contributed by atoms with E-state index in [2.05, 4.69) is 9.97 Å². The number of carbonyl (C=O) groups is 1. The van der Waals surface area contributed by atoms with Gasteiger partial charge in [0, 0.05) is 25.1 Å². The molecule has 3 aromatic rings. The predicted octanol–water partition coefficient (Wildman–Crippen LogP) is 2.67. The second-order valence-electron chi connectivity index (χ2n) is 6.86. The Kier molecular flexibility index (Phi) is 5.40. The van der Waals surface area contributed by atoms with E-state index in [4.69, 9.17) is 9.47 Å². The van der Waals surface area contributed by atoms with Gasteiger partial charge < -0.3 is 19.5 Å². The summed E-state index contributed by atoms with van der Waals surface area (Å²) >= 11 is 0. The van der Waals surface area contributed by atoms with Crippen molar-refractivity contribution in [3.05, 3.63) is 36.3 Å². The second kappa shape index (κ2) is 8.12. The Morgan fingerprint density at radius 3 is 2.82 bits per heavy atom. The van der Waals surface area contributed by atoms with Crippen molar-refractivity contribution >= 4 is 28.0 Å². The topological polar surface area (TPSA) is 89.7 Å². The number of hydrogen-bond acceptors (Lipinski definition) is 6. The number of amides is 1. The highest BCUT2D eigenvalue weighted by Gasteiger charge is 2.23. The van der Waals surface area contributed by atoms with E-state index in [9.17, 15) is 9.90 Å². The highest BCUT2D eigenvalue weighted by atomic mass is 16.6. The van der Waals surface area contributed by atoms with Gasteiger partial charge in [0.05, 0.1) is 23.3 Å². The van der Waals surface area contributed by atoms with Crippen molar-refractivity contribution in [1.82, 2.24) is 19.4 Å². The fraction of sp³-hybridized carbons (Fsp3) is 0.450. The zero-order valence-electron chi connectivity index (χ0n) is 15.9. The molecule has 8 nitrogen and oxygen atoms in total. The lowest BCUT2D eigenvalue weighted by Gasteiger charge is -2.28. The molecule has 0 radical (unpaired) electrons. The van der Waals surface area contributed by atoms with Crippen LogP contribution in [0.5, 0.6) is 0 Å². The van der Waals surface area contributed by atoms with E-state index in [1.165, 1.54) is 0 Å². The van der Waals surface area contributed by atoms with Crippen LogP contribution < -0.4 is 0 Å². The van der Waals surface area contributed by atoms with Gasteiger partial charge in [0.2, 0.25) is 0 Å². The number of likely N-dealkylation sites (tertiary alicyclic amines) is 1. The summed E-state index contributed by atoms with van der Waals surface area (Å²) in [7, 11) is 0. The van der Waals surface area contributed by atoms with Crippen molar-refractivity contribution in [1.29, 1.82) is 0 Å². The highest BCUT2D eigenvalue weighted by molar-refractivity contribution is 6.02. The number of aromatic nitrogens is 3. The number of fused-ring (bicyclic) bond motifs is 3. The maximum atomic E-state index is 12.5. The number of ether oxygens (including phenoxy) is 2. The summed E-state index contributed by atoms with van der Waals surface area (Å²) in [5.41, 5.74) is 2.48. The van der Waals surface area contributed by atoms with Crippen LogP contribution in [0.15, 0.2) is 30.5 Å². The lowest BCUT2D eigenvalue weighted by molar-refractivity contribution is 0.0433. The number of piperidine rings is 1. The van der Waals surface area contributed by atoms with Crippen LogP contribution in [0, 0.1) is 0 Å². The molecule has 3 heterocycles. The van der Waals surface area contributed by atoms with E-state index < -0.39 is 0 Å². The number of rotatable bonds is 5. The molecule has 28 heavy (non-hydrogen) atoms. The molecular formula is C20H24N4O4. The number of aliphatic hydroxyl groups is 1. The lowest BCUT2D eigenvalue weighted by atomic mass is 10.1. The van der Waals surface area contributed by atoms with Gasteiger partial charge in [0.25, 0.3) is 0 Å². The lowest BCUT2D eigenvalue weighted by Crippen LogP contribution is -2.40. The van der Waals surface area contributed by atoms with E-state index in [1.807, 2.05) is 35.8 Å². The third-order valence-corrected chi connectivity index (χ3v) is 5.03. The molecule has 0 bridgehead atoms. The average Bonchev–Trinajstić information content (AvgIpc) is 3.09. The Bertz CT molecular complexity index is 979. The summed E-state index contributed by atoms with van der Waals surface area (Å²) in [6, 6.07) is 7.82. The van der Waals surface area contributed by atoms with Gasteiger partial charge in [0.15, 0.2) is 6.73 Å². The number of aliphatic hydroxyl groups excluding tert-OH is 1. The molecule has 1 fully saturated rings. The monoisotopic (exact) mass is 384 g/mol. The first-order valence-corrected chi connectivity index (χ1v) is 9.57. The van der Waals surface area contributed by atoms with Crippen molar-refractivity contribution in [2.45, 2.75) is 39.2 Å². The Morgan fingerprint density at radius 2 is 2.04 bits per heavy atom. The van der Waals surface area contributed by atoms with E-state index in [0.29, 0.717) is 45.0 Å². The molecule has 4 rings (SSSR count). The van der Waals surface area contributed by atoms with Crippen LogP contribution in [0.25, 0.3) is 21.9 Å². The van der Waals surface area contributed by atoms with E-state index in [1.54, 1.807) is 11.1 Å². The van der Waals surface area contributed by atoms with Gasteiger partial charge in [-0.05, 0) is 25.8 Å². The number of pyridine rings is 1. The number of hydrogen-bond donors (Lipinski definition) is 1. The molecule has 0 unspecified atom stereocenters. The number of carbonyl (C=O) groups excluding carboxylic acids is 1. The zero-order chi connectivity index (χ0) is 19.5. The fourth-order valence-corrected chi connectivity index (χ4v) is 3.51. The summed E-state index contributed by atoms with van der Waals surface area (Å²) < 4.78 is 13.0. The first-order chi connectivity index (χ1) is 13.7. The van der Waals surface area contributed by atoms with E-state index in [-0.39, 0.29) is 18.9 Å². The van der Waals surface area contributed by atoms with Gasteiger partial charge >= 0.3 is 6.09 Å². The molecule has 1 N–H and O–H groups in total. The van der Waals surface area contributed by atoms with Crippen LogP contribution in [0.4, 0.5) is 4.79 Å². The first kappa shape index (κ1) is 18.6. The van der Waals surface area contributed by atoms with Gasteiger partial charge in [-0.1, -0.05) is 18.2 Å². The molecule has 0 atom stereocenters. The van der Waals surface area contributed by atoms with Crippen LogP contribution in [0.1, 0.15) is 25.6 Å². The molecule has 0 saturated carbocycles. The van der Waals surface area contributed by atoms with Crippen molar-refractivity contribution < 1.29 is 19.4 Å². The summed E-state index contributed by atoms with van der Waals surface area (Å²) in [5, 5.41) is 10.6. The van der Waals surface area contributed by atoms with Crippen molar-refractivity contribution in [2.24, 2.45) is 0 Å². The van der Waals surface area contributed by atoms with Crippen molar-refractivity contribution in [3.8, 4) is 0 Å². The van der Waals surface area contributed by atoms with Crippen LogP contribution >= 0.6 is 0 Å². The van der Waals surface area contributed by atoms with Crippen LogP contribution in [-0.4, -0.2) is 56.4 Å². The minimum absolute atomic E-state index is 0.0464. The molecule has 8 heteroatoms. The number of nitrogens with zero attached hydrogens (tertiary/aromatic N) is 4. The van der Waals surface area contributed by atoms with Crippen LogP contribution in [0.2, 0.25) is 0 Å². The Balaban J connectivity index is 1.63. The van der Waals surface area contributed by atoms with Gasteiger partial charge in [-0.25, -0.2) is 9.78 Å². The fourth-order valence-electron chi connectivity index (χ4n) is 3.51. The largest absolute Gasteiger partial charge is 0.428 e. The Labute approximate surface area is 162 Å². The quantitative estimate of drug-likeness (QED) is 0.727. The molecule has 1 saturated heterocycles. The molecule has 2 aromatic heterocycles. The van der Waals surface area contributed by atoms with Gasteiger partial charge in [-0.15, -0.1) is 0 Å². The van der Waals surface area contributed by atoms with Gasteiger partial charge in [-0.3, -0.25) is 9.55 Å². The number of para-hydroxylation sites is 1. The maximum Gasteiger partial charge on any atom is 0.411 e. The van der Waals surface area contributed by atoms with Crippen molar-refractivity contribution in [2.75, 3.05) is 19.7 Å². The highest BCUT2D eigenvalue weighted by Crippen LogP contribution is 2.25. The van der Waals surface area contributed by atoms with Crippen LogP contribution in [0.3, 0.4) is 0 Å². The average molecular weight is 384 g/mol. The van der Waals surface area contributed by atoms with E-state index >= 15 is 0 Å². The molecule has 1 aliphatic heterocycles. The molecule has 1 amide bonds. The minimum atomic E-state index is -0.380. The number of imidazole rings is 1. The third kappa shape index (κ3) is 3.65. The normalized spacial score (nSPS) is 15.4. The first-order valence-electron chi connectivity index (χ1n) is 9.57. The maximum absolute atomic E-state index is 12.5. The predicted molar refractivity (Wildman–Crippen MR) is 104 cm³/mol. The summed E-state index contributed by atoms with van der Waals surface area (Å²) in [4.78, 5) is 23.2. The van der Waals surface area contributed by atoms with Gasteiger partial charge in [-0.2, -0.15) is 0 Å². The summed E-state index contributed by atoms with van der Waals surface area (Å²) in [6.45, 7) is 3.87. The summed E-state index contributed by atoms with van der Waals surface area (Å²) in [6.07, 6.45) is 2.18. The molecule has 0 aliphatic carbocycles. The standard InChI is InChI=1S/C20H24N4O4/c1-2-27-12-18-22-17-11-21-16-6-4-3-5-15(16)19(17)24(18)13-28-20(26)23-9-7-14(25)8-10-23/h3-6,11,14,25H,2,7-10,12-13H2,1H3. The van der Waals surface area contributed by atoms with Crippen LogP contribution in [-0.2, 0) is 22.8 Å². The number of benzene rings is 1. The van der Waals surface area contributed by atoms with Gasteiger partial charge in [0.1, 0.15) is 17.9 Å². The minimum Gasteiger partial charge on any atom is -0.428 e. The Hall–Kier alpha value is -2.71. The SMILES string of the molecule is CCOCc1nc2cnc3ccccc3c2n1COC(=O)N1CCC(O)CC1. The molecule has 0 spiro atoms. The van der Waals surface area contributed by atoms with E-state index in [0.717, 1.165) is 21.9 Å². The zero-order valence-corrected chi connectivity index (χ0v) is 15.9. The molecule has 1 aliphatic rings. The molecule has 1 aromatic carbocycles. The van der Waals surface area contributed by atoms with Crippen molar-refractivity contribution in [3.63, 3.8) is 0 Å². The molecular weight excluding hydrogens is 360 g/mol. The third-order valence-electron chi connectivity index (χ3n) is 5.03. The summed E-state index contributed by atoms with van der Waals surface area (Å²) in [5.74, 6) is 0.692.